The Morgan fingerprint density at radius 3 is 2.92 bits per heavy atom. The average Bonchev–Trinajstić information content (AvgIpc) is 3.21. The molecule has 1 aliphatic rings. The third-order valence-corrected chi connectivity index (χ3v) is 5.29. The number of hydrogen-bond donors (Lipinski definition) is 1. The van der Waals surface area contributed by atoms with Gasteiger partial charge in [-0.15, -0.1) is 0 Å². The third-order valence-electron chi connectivity index (χ3n) is 5.06. The first kappa shape index (κ1) is 16.6. The molecule has 4 rings (SSSR count). The van der Waals surface area contributed by atoms with Crippen LogP contribution < -0.4 is 0 Å². The second kappa shape index (κ2) is 7.18. The molecule has 0 amide bonds. The summed E-state index contributed by atoms with van der Waals surface area (Å²) in [4.78, 5) is 14.7. The Morgan fingerprint density at radius 1 is 1.24 bits per heavy atom. The fourth-order valence-electron chi connectivity index (χ4n) is 3.84. The van der Waals surface area contributed by atoms with E-state index in [2.05, 4.69) is 31.5 Å². The molecule has 1 aliphatic carbocycles. The molecule has 1 fully saturated rings. The van der Waals surface area contributed by atoms with Gasteiger partial charge in [0.05, 0.1) is 29.6 Å². The quantitative estimate of drug-likeness (QED) is 0.728. The van der Waals surface area contributed by atoms with Crippen LogP contribution in [0.4, 0.5) is 0 Å². The van der Waals surface area contributed by atoms with E-state index >= 15 is 0 Å². The van der Waals surface area contributed by atoms with E-state index < -0.39 is 0 Å². The number of imidazole rings is 2. The van der Waals surface area contributed by atoms with Crippen molar-refractivity contribution in [2.45, 2.75) is 51.2 Å². The Bertz CT molecular complexity index is 846. The maximum absolute atomic E-state index is 6.05. The van der Waals surface area contributed by atoms with Gasteiger partial charge in [0, 0.05) is 23.8 Å². The van der Waals surface area contributed by atoms with E-state index in [-0.39, 0.29) is 0 Å². The Kier molecular flexibility index (Phi) is 4.77. The van der Waals surface area contributed by atoms with Crippen molar-refractivity contribution in [3.8, 4) is 0 Å². The van der Waals surface area contributed by atoms with E-state index in [1.165, 1.54) is 37.8 Å². The molecule has 5 nitrogen and oxygen atoms in total. The lowest BCUT2D eigenvalue weighted by atomic mass is 9.95. The summed E-state index contributed by atoms with van der Waals surface area (Å²) >= 11 is 6.05. The van der Waals surface area contributed by atoms with Crippen LogP contribution in [0.3, 0.4) is 0 Å². The van der Waals surface area contributed by atoms with E-state index in [4.69, 9.17) is 11.6 Å². The van der Waals surface area contributed by atoms with Gasteiger partial charge in [0.2, 0.25) is 0 Å². The lowest BCUT2D eigenvalue weighted by Crippen LogP contribution is -2.22. The maximum atomic E-state index is 6.05. The molecule has 6 heteroatoms. The SMILES string of the molecule is CN(Cc1nc2ccc(Cl)cc2[nH]1)Cc1cncn1C1CCCCC1. The van der Waals surface area contributed by atoms with Crippen molar-refractivity contribution in [1.82, 2.24) is 24.4 Å². The van der Waals surface area contributed by atoms with Crippen LogP contribution in [0.25, 0.3) is 11.0 Å². The summed E-state index contributed by atoms with van der Waals surface area (Å²) in [7, 11) is 2.12. The molecule has 0 unspecified atom stereocenters. The highest BCUT2D eigenvalue weighted by molar-refractivity contribution is 6.31. The van der Waals surface area contributed by atoms with Crippen LogP contribution in [0.5, 0.6) is 0 Å². The number of aromatic nitrogens is 4. The minimum atomic E-state index is 0.619. The summed E-state index contributed by atoms with van der Waals surface area (Å²) in [5.74, 6) is 0.962. The van der Waals surface area contributed by atoms with Crippen LogP contribution in [0.15, 0.2) is 30.7 Å². The van der Waals surface area contributed by atoms with Gasteiger partial charge >= 0.3 is 0 Å². The highest BCUT2D eigenvalue weighted by Gasteiger charge is 2.18. The molecule has 1 aromatic carbocycles. The molecule has 0 spiro atoms. The zero-order valence-electron chi connectivity index (χ0n) is 14.6. The van der Waals surface area contributed by atoms with Crippen LogP contribution in [0.2, 0.25) is 5.02 Å². The molecule has 3 aromatic rings. The van der Waals surface area contributed by atoms with Gasteiger partial charge in [0.1, 0.15) is 5.82 Å². The lowest BCUT2D eigenvalue weighted by Gasteiger charge is -2.26. The maximum Gasteiger partial charge on any atom is 0.121 e. The Morgan fingerprint density at radius 2 is 2.08 bits per heavy atom. The summed E-state index contributed by atoms with van der Waals surface area (Å²) in [6.07, 6.45) is 10.6. The topological polar surface area (TPSA) is 49.7 Å². The minimum absolute atomic E-state index is 0.619. The Balaban J connectivity index is 1.45. The Hall–Kier alpha value is -1.85. The van der Waals surface area contributed by atoms with Crippen molar-refractivity contribution in [3.63, 3.8) is 0 Å². The van der Waals surface area contributed by atoms with Crippen molar-refractivity contribution in [1.29, 1.82) is 0 Å². The zero-order chi connectivity index (χ0) is 17.2. The first-order valence-corrected chi connectivity index (χ1v) is 9.40. The summed E-state index contributed by atoms with van der Waals surface area (Å²) in [5, 5.41) is 0.729. The smallest absolute Gasteiger partial charge is 0.121 e. The first-order valence-electron chi connectivity index (χ1n) is 9.02. The standard InChI is InChI=1S/C19H24ClN5/c1-24(12-19-22-17-8-7-14(20)9-18(17)23-19)11-16-10-21-13-25(16)15-5-3-2-4-6-15/h7-10,13,15H,2-6,11-12H2,1H3,(H,22,23). The molecule has 1 saturated carbocycles. The van der Waals surface area contributed by atoms with E-state index in [1.807, 2.05) is 30.7 Å². The average molecular weight is 358 g/mol. The predicted octanol–water partition coefficient (Wildman–Crippen LogP) is 4.55. The van der Waals surface area contributed by atoms with Crippen LogP contribution in [-0.2, 0) is 13.1 Å². The van der Waals surface area contributed by atoms with Crippen molar-refractivity contribution in [2.24, 2.45) is 0 Å². The molecule has 132 valence electrons. The number of rotatable bonds is 5. The van der Waals surface area contributed by atoms with Gasteiger partial charge in [-0.2, -0.15) is 0 Å². The molecule has 0 atom stereocenters. The van der Waals surface area contributed by atoms with E-state index in [0.717, 1.165) is 35.0 Å². The van der Waals surface area contributed by atoms with Crippen LogP contribution in [-0.4, -0.2) is 31.5 Å². The number of H-pyrrole nitrogens is 1. The monoisotopic (exact) mass is 357 g/mol. The zero-order valence-corrected chi connectivity index (χ0v) is 15.3. The molecular weight excluding hydrogens is 334 g/mol. The number of hydrogen-bond acceptors (Lipinski definition) is 3. The van der Waals surface area contributed by atoms with Gasteiger partial charge in [-0.25, -0.2) is 9.97 Å². The first-order chi connectivity index (χ1) is 12.2. The molecule has 1 N–H and O–H groups in total. The molecule has 0 saturated heterocycles. The van der Waals surface area contributed by atoms with Gasteiger partial charge in [-0.3, -0.25) is 4.90 Å². The molecule has 2 aromatic heterocycles. The number of benzene rings is 1. The minimum Gasteiger partial charge on any atom is -0.341 e. The predicted molar refractivity (Wildman–Crippen MR) is 101 cm³/mol. The molecule has 0 radical (unpaired) electrons. The van der Waals surface area contributed by atoms with Crippen LogP contribution >= 0.6 is 11.6 Å². The number of fused-ring (bicyclic) bond motifs is 1. The van der Waals surface area contributed by atoms with E-state index in [1.54, 1.807) is 0 Å². The van der Waals surface area contributed by atoms with Gasteiger partial charge in [0.15, 0.2) is 0 Å². The third kappa shape index (κ3) is 3.72. The Labute approximate surface area is 153 Å². The van der Waals surface area contributed by atoms with Gasteiger partial charge < -0.3 is 9.55 Å². The van der Waals surface area contributed by atoms with Crippen molar-refractivity contribution < 1.29 is 0 Å². The summed E-state index contributed by atoms with van der Waals surface area (Å²) in [6, 6.07) is 6.37. The second-order valence-corrected chi connectivity index (χ2v) is 7.54. The lowest BCUT2D eigenvalue weighted by molar-refractivity contribution is 0.286. The summed E-state index contributed by atoms with van der Waals surface area (Å²) in [5.41, 5.74) is 3.23. The molecule has 25 heavy (non-hydrogen) atoms. The summed E-state index contributed by atoms with van der Waals surface area (Å²) in [6.45, 7) is 1.64. The number of aromatic amines is 1. The van der Waals surface area contributed by atoms with Crippen molar-refractivity contribution in [2.75, 3.05) is 7.05 Å². The van der Waals surface area contributed by atoms with Crippen molar-refractivity contribution >= 4 is 22.6 Å². The van der Waals surface area contributed by atoms with Crippen molar-refractivity contribution in [3.05, 3.63) is 47.3 Å². The highest BCUT2D eigenvalue weighted by Crippen LogP contribution is 2.29. The van der Waals surface area contributed by atoms with Gasteiger partial charge in [-0.1, -0.05) is 30.9 Å². The largest absolute Gasteiger partial charge is 0.341 e. The summed E-state index contributed by atoms with van der Waals surface area (Å²) < 4.78 is 2.38. The number of halogens is 1. The van der Waals surface area contributed by atoms with E-state index in [0.29, 0.717) is 6.04 Å². The van der Waals surface area contributed by atoms with Crippen LogP contribution in [0, 0.1) is 0 Å². The van der Waals surface area contributed by atoms with Gasteiger partial charge in [0.25, 0.3) is 0 Å². The fourth-order valence-corrected chi connectivity index (χ4v) is 4.01. The molecular formula is C19H24ClN5. The molecule has 2 heterocycles. The van der Waals surface area contributed by atoms with Gasteiger partial charge in [-0.05, 0) is 38.1 Å². The van der Waals surface area contributed by atoms with E-state index in [9.17, 15) is 0 Å². The highest BCUT2D eigenvalue weighted by atomic mass is 35.5. The molecule has 0 aliphatic heterocycles. The second-order valence-electron chi connectivity index (χ2n) is 7.10. The number of nitrogens with zero attached hydrogens (tertiary/aromatic N) is 4. The van der Waals surface area contributed by atoms with Crippen LogP contribution in [0.1, 0.15) is 49.7 Å². The molecule has 0 bridgehead atoms. The normalized spacial score (nSPS) is 16.1. The number of nitrogens with one attached hydrogen (secondary N) is 1. The fraction of sp³-hybridized carbons (Fsp3) is 0.474.